The van der Waals surface area contributed by atoms with Gasteiger partial charge in [-0.05, 0) is 91.6 Å². The van der Waals surface area contributed by atoms with E-state index in [9.17, 15) is 9.59 Å². The van der Waals surface area contributed by atoms with Gasteiger partial charge in [0.05, 0.1) is 0 Å². The van der Waals surface area contributed by atoms with Crippen LogP contribution in [0.4, 0.5) is 11.4 Å². The number of hydrogen-bond acceptors (Lipinski definition) is 5. The number of nitrogens with zero attached hydrogens (tertiary/aromatic N) is 4. The summed E-state index contributed by atoms with van der Waals surface area (Å²) in [7, 11) is 6.07. The number of amides is 2. The highest BCUT2D eigenvalue weighted by Gasteiger charge is 2.60. The number of anilines is 2. The van der Waals surface area contributed by atoms with Gasteiger partial charge in [0.1, 0.15) is 5.54 Å². The minimum absolute atomic E-state index is 0.0274. The molecule has 0 bridgehead atoms. The second-order valence-electron chi connectivity index (χ2n) is 13.9. The number of piperidine rings is 1. The zero-order valence-corrected chi connectivity index (χ0v) is 27.4. The molecule has 4 aromatic rings. The predicted molar refractivity (Wildman–Crippen MR) is 181 cm³/mol. The molecule has 6 rings (SSSR count). The first-order valence-electron chi connectivity index (χ1n) is 16.1. The van der Waals surface area contributed by atoms with Crippen molar-refractivity contribution in [3.05, 3.63) is 89.9 Å². The third kappa shape index (κ3) is 5.84. The minimum atomic E-state index is -0.981. The van der Waals surface area contributed by atoms with Gasteiger partial charge in [0, 0.05) is 80.5 Å². The summed E-state index contributed by atoms with van der Waals surface area (Å²) >= 11 is 0. The molecule has 8 heteroatoms. The minimum Gasteiger partial charge on any atom is -0.378 e. The van der Waals surface area contributed by atoms with Crippen molar-refractivity contribution in [1.29, 1.82) is 0 Å². The summed E-state index contributed by atoms with van der Waals surface area (Å²) in [5.74, 6) is 0.337. The maximum Gasteiger partial charge on any atom is 0.250 e. The molecule has 1 aliphatic carbocycles. The van der Waals surface area contributed by atoms with E-state index in [-0.39, 0.29) is 29.1 Å². The Balaban J connectivity index is 1.33. The number of H-pyrrole nitrogens is 1. The number of pyridine rings is 1. The number of rotatable bonds is 9. The molecule has 2 aromatic carbocycles. The quantitative estimate of drug-likeness (QED) is 0.237. The van der Waals surface area contributed by atoms with Gasteiger partial charge in [-0.2, -0.15) is 0 Å². The molecule has 3 heterocycles. The number of likely N-dealkylation sites (tertiary alicyclic amines) is 1. The zero-order valence-electron chi connectivity index (χ0n) is 27.4. The van der Waals surface area contributed by atoms with E-state index in [0.717, 1.165) is 35.5 Å². The summed E-state index contributed by atoms with van der Waals surface area (Å²) in [5, 5.41) is 4.45. The number of aromatic nitrogens is 2. The number of nitrogens with one attached hydrogen (secondary N) is 2. The van der Waals surface area contributed by atoms with Crippen molar-refractivity contribution in [2.45, 2.75) is 58.0 Å². The summed E-state index contributed by atoms with van der Waals surface area (Å²) in [5.41, 5.74) is 5.32. The van der Waals surface area contributed by atoms with Crippen molar-refractivity contribution in [3.63, 3.8) is 0 Å². The number of fused-ring (bicyclic) bond motifs is 1. The van der Waals surface area contributed by atoms with Gasteiger partial charge in [0.25, 0.3) is 0 Å². The van der Waals surface area contributed by atoms with E-state index in [1.165, 1.54) is 16.6 Å². The van der Waals surface area contributed by atoms with Crippen molar-refractivity contribution < 1.29 is 9.59 Å². The lowest BCUT2D eigenvalue weighted by Crippen LogP contribution is -2.62. The number of aryl methyl sites for hydroxylation is 1. The molecule has 2 amide bonds. The van der Waals surface area contributed by atoms with Gasteiger partial charge < -0.3 is 25.0 Å². The third-order valence-corrected chi connectivity index (χ3v) is 10.5. The first-order valence-corrected chi connectivity index (χ1v) is 16.1. The van der Waals surface area contributed by atoms with Crippen LogP contribution in [0, 0.1) is 18.3 Å². The van der Waals surface area contributed by atoms with Crippen LogP contribution in [0.3, 0.4) is 0 Å². The normalized spacial score (nSPS) is 20.5. The Bertz CT molecular complexity index is 1670. The fourth-order valence-electron chi connectivity index (χ4n) is 7.55. The van der Waals surface area contributed by atoms with Crippen LogP contribution in [0.2, 0.25) is 0 Å². The third-order valence-electron chi connectivity index (χ3n) is 10.5. The van der Waals surface area contributed by atoms with Crippen molar-refractivity contribution >= 4 is 34.1 Å². The molecule has 2 N–H and O–H groups in total. The number of para-hydroxylation sites is 1. The Hall–Kier alpha value is -4.17. The molecule has 0 radical (unpaired) electrons. The largest absolute Gasteiger partial charge is 0.378 e. The number of benzene rings is 2. The predicted octanol–water partition coefficient (Wildman–Crippen LogP) is 6.20. The van der Waals surface area contributed by atoms with Crippen LogP contribution in [-0.2, 0) is 16.1 Å². The van der Waals surface area contributed by atoms with E-state index in [1.807, 2.05) is 60.3 Å². The summed E-state index contributed by atoms with van der Waals surface area (Å²) in [6.45, 7) is 8.49. The average molecular weight is 607 g/mol. The van der Waals surface area contributed by atoms with Crippen LogP contribution >= 0.6 is 0 Å². The van der Waals surface area contributed by atoms with Crippen molar-refractivity contribution in [2.24, 2.45) is 11.3 Å². The Labute approximate surface area is 266 Å². The fourth-order valence-corrected chi connectivity index (χ4v) is 7.55. The van der Waals surface area contributed by atoms with Gasteiger partial charge in [-0.1, -0.05) is 38.1 Å². The molecule has 0 spiro atoms. The van der Waals surface area contributed by atoms with Crippen LogP contribution in [0.1, 0.15) is 55.8 Å². The monoisotopic (exact) mass is 606 g/mol. The molecule has 236 valence electrons. The Kier molecular flexibility index (Phi) is 8.20. The van der Waals surface area contributed by atoms with Crippen LogP contribution in [0.15, 0.2) is 73.1 Å². The van der Waals surface area contributed by atoms with Gasteiger partial charge in [-0.3, -0.25) is 14.6 Å². The number of carbonyl (C=O) groups is 2. The first-order chi connectivity index (χ1) is 21.5. The molecule has 8 nitrogen and oxygen atoms in total. The lowest BCUT2D eigenvalue weighted by molar-refractivity contribution is -0.150. The van der Waals surface area contributed by atoms with Crippen molar-refractivity contribution in [1.82, 2.24) is 19.8 Å². The van der Waals surface area contributed by atoms with E-state index in [4.69, 9.17) is 0 Å². The number of carbonyl (C=O) groups excluding carboxylic acids is 2. The molecule has 45 heavy (non-hydrogen) atoms. The molecule has 2 aromatic heterocycles. The molecule has 2 fully saturated rings. The van der Waals surface area contributed by atoms with Crippen LogP contribution < -0.4 is 10.2 Å². The fraction of sp³-hybridized carbons (Fsp3) is 0.432. The Morgan fingerprint density at radius 2 is 1.73 bits per heavy atom. The first kappa shape index (κ1) is 30.8. The van der Waals surface area contributed by atoms with Gasteiger partial charge in [-0.15, -0.1) is 0 Å². The summed E-state index contributed by atoms with van der Waals surface area (Å²) in [6.07, 6.45) is 5.07. The van der Waals surface area contributed by atoms with E-state index in [1.54, 1.807) is 12.4 Å². The maximum atomic E-state index is 14.7. The van der Waals surface area contributed by atoms with E-state index in [0.29, 0.717) is 25.8 Å². The second-order valence-corrected chi connectivity index (χ2v) is 13.9. The van der Waals surface area contributed by atoms with E-state index < -0.39 is 5.54 Å². The van der Waals surface area contributed by atoms with Crippen molar-refractivity contribution in [3.8, 4) is 0 Å². The summed E-state index contributed by atoms with van der Waals surface area (Å²) in [6, 6.07) is 20.2. The molecule has 1 aliphatic heterocycles. The van der Waals surface area contributed by atoms with E-state index >= 15 is 0 Å². The zero-order chi connectivity index (χ0) is 31.9. The van der Waals surface area contributed by atoms with Crippen molar-refractivity contribution in [2.75, 3.05) is 44.4 Å². The standard InChI is InChI=1S/C37H46N6O2/c1-25-33(29-11-7-8-12-31(29)39-25)34-30(36(34,2)3)22-32(44)43(24-26-10-9-19-38-23-26)37(17-20-42(6)21-18-37)35(45)40-27-13-15-28(16-14-27)41(4)5/h7-16,19,23,30,34,39H,17-18,20-22,24H2,1-6H3,(H,40,45)/t30-,34-/m0/s1. The van der Waals surface area contributed by atoms with Gasteiger partial charge in [-0.25, -0.2) is 0 Å². The Morgan fingerprint density at radius 1 is 1.02 bits per heavy atom. The molecule has 1 saturated heterocycles. The highest BCUT2D eigenvalue weighted by Crippen LogP contribution is 2.67. The maximum absolute atomic E-state index is 14.7. The molecular formula is C37H46N6O2. The lowest BCUT2D eigenvalue weighted by atomic mass is 9.83. The van der Waals surface area contributed by atoms with Crippen LogP contribution in [-0.4, -0.2) is 71.4 Å². The summed E-state index contributed by atoms with van der Waals surface area (Å²) in [4.78, 5) is 43.2. The Morgan fingerprint density at radius 3 is 2.40 bits per heavy atom. The topological polar surface area (TPSA) is 84.6 Å². The average Bonchev–Trinajstić information content (AvgIpc) is 3.37. The SMILES string of the molecule is Cc1[nH]c2ccccc2c1[C@@H]1[C@H](CC(=O)N(Cc2cccnc2)C2(C(=O)Nc3ccc(N(C)C)cc3)CCN(C)CC2)C1(C)C. The van der Waals surface area contributed by atoms with Gasteiger partial charge in [0.2, 0.25) is 11.8 Å². The molecule has 2 aliphatic rings. The molecule has 1 saturated carbocycles. The number of hydrogen-bond donors (Lipinski definition) is 2. The van der Waals surface area contributed by atoms with Gasteiger partial charge >= 0.3 is 0 Å². The highest BCUT2D eigenvalue weighted by atomic mass is 16.2. The van der Waals surface area contributed by atoms with E-state index in [2.05, 4.69) is 72.3 Å². The lowest BCUT2D eigenvalue weighted by Gasteiger charge is -2.47. The van der Waals surface area contributed by atoms with Crippen LogP contribution in [0.25, 0.3) is 10.9 Å². The molecular weight excluding hydrogens is 560 g/mol. The van der Waals surface area contributed by atoms with Gasteiger partial charge in [0.15, 0.2) is 0 Å². The summed E-state index contributed by atoms with van der Waals surface area (Å²) < 4.78 is 0. The van der Waals surface area contributed by atoms with Crippen LogP contribution in [0.5, 0.6) is 0 Å². The molecule has 0 unspecified atom stereocenters. The number of aromatic amines is 1. The smallest absolute Gasteiger partial charge is 0.250 e. The second kappa shape index (κ2) is 12.0. The highest BCUT2D eigenvalue weighted by molar-refractivity contribution is 6.01. The molecule has 2 atom stereocenters.